The van der Waals surface area contributed by atoms with Gasteiger partial charge in [0.25, 0.3) is 5.91 Å². The molecule has 0 spiro atoms. The number of ether oxygens (including phenoxy) is 1. The summed E-state index contributed by atoms with van der Waals surface area (Å²) < 4.78 is 5.47. The lowest BCUT2D eigenvalue weighted by atomic mass is 10.0. The van der Waals surface area contributed by atoms with E-state index in [4.69, 9.17) is 9.84 Å². The van der Waals surface area contributed by atoms with Gasteiger partial charge in [0.2, 0.25) is 0 Å². The minimum absolute atomic E-state index is 0.0241. The Morgan fingerprint density at radius 2 is 2.10 bits per heavy atom. The minimum atomic E-state index is -0.133. The predicted octanol–water partition coefficient (Wildman–Crippen LogP) is 1.31. The summed E-state index contributed by atoms with van der Waals surface area (Å²) in [6.45, 7) is 3.37. The van der Waals surface area contributed by atoms with E-state index in [9.17, 15) is 9.90 Å². The molecule has 5 heteroatoms. The molecule has 1 aromatic rings. The summed E-state index contributed by atoms with van der Waals surface area (Å²) in [6, 6.07) is 5.21. The Labute approximate surface area is 118 Å². The molecule has 1 heterocycles. The first-order valence-corrected chi connectivity index (χ1v) is 6.93. The van der Waals surface area contributed by atoms with Gasteiger partial charge in [-0.2, -0.15) is 0 Å². The monoisotopic (exact) mass is 279 g/mol. The van der Waals surface area contributed by atoms with Gasteiger partial charge in [-0.05, 0) is 31.4 Å². The Hall–Kier alpha value is -1.59. The Kier molecular flexibility index (Phi) is 4.98. The molecule has 0 unspecified atom stereocenters. The second-order valence-electron chi connectivity index (χ2n) is 5.06. The number of para-hydroxylation sites is 1. The zero-order valence-corrected chi connectivity index (χ0v) is 11.7. The highest BCUT2D eigenvalue weighted by atomic mass is 16.5. The van der Waals surface area contributed by atoms with Crippen molar-refractivity contribution in [1.82, 2.24) is 4.90 Å². The van der Waals surface area contributed by atoms with Gasteiger partial charge in [-0.3, -0.25) is 4.79 Å². The number of rotatable bonds is 4. The third-order valence-corrected chi connectivity index (χ3v) is 3.64. The molecule has 0 bridgehead atoms. The molecule has 20 heavy (non-hydrogen) atoms. The topological polar surface area (TPSA) is 70.0 Å². The quantitative estimate of drug-likeness (QED) is 0.872. The van der Waals surface area contributed by atoms with Crippen LogP contribution in [0, 0.1) is 6.92 Å². The Balaban J connectivity index is 1.96. The van der Waals surface area contributed by atoms with E-state index in [-0.39, 0.29) is 24.4 Å². The van der Waals surface area contributed by atoms with Gasteiger partial charge in [-0.25, -0.2) is 0 Å². The maximum atomic E-state index is 12.4. The number of nitrogens with zero attached hydrogens (tertiary/aromatic N) is 1. The van der Waals surface area contributed by atoms with Crippen LogP contribution in [0.3, 0.4) is 0 Å². The van der Waals surface area contributed by atoms with Crippen molar-refractivity contribution in [2.45, 2.75) is 25.9 Å². The number of benzene rings is 1. The molecule has 2 N–H and O–H groups in total. The van der Waals surface area contributed by atoms with Gasteiger partial charge >= 0.3 is 0 Å². The molecular formula is C15H21NO4. The normalized spacial score (nSPS) is 16.4. The number of phenols is 1. The number of aryl methyl sites for hydroxylation is 1. The number of aromatic hydroxyl groups is 1. The highest BCUT2D eigenvalue weighted by Crippen LogP contribution is 2.24. The van der Waals surface area contributed by atoms with E-state index in [1.54, 1.807) is 30.0 Å². The summed E-state index contributed by atoms with van der Waals surface area (Å²) in [4.78, 5) is 14.1. The van der Waals surface area contributed by atoms with Crippen molar-refractivity contribution in [3.8, 4) is 5.75 Å². The molecule has 2 rings (SSSR count). The molecule has 5 nitrogen and oxygen atoms in total. The fraction of sp³-hybridized carbons (Fsp3) is 0.533. The lowest BCUT2D eigenvalue weighted by Gasteiger charge is -2.32. The molecule has 0 saturated carbocycles. The standard InChI is InChI=1S/C15H21NO4/c1-11-3-2-4-13(14(11)18)15(19)16-7-5-12(6-8-16)20-10-9-17/h2-4,12,17-18H,5-10H2,1H3. The Morgan fingerprint density at radius 1 is 1.40 bits per heavy atom. The molecule has 1 aromatic carbocycles. The van der Waals surface area contributed by atoms with Gasteiger partial charge in [0.05, 0.1) is 24.9 Å². The number of carbonyl (C=O) groups is 1. The lowest BCUT2D eigenvalue weighted by Crippen LogP contribution is -2.41. The average molecular weight is 279 g/mol. The van der Waals surface area contributed by atoms with Crippen molar-refractivity contribution in [3.63, 3.8) is 0 Å². The highest BCUT2D eigenvalue weighted by Gasteiger charge is 2.25. The molecule has 110 valence electrons. The van der Waals surface area contributed by atoms with E-state index in [1.165, 1.54) is 0 Å². The molecule has 1 fully saturated rings. The molecule has 0 aliphatic carbocycles. The van der Waals surface area contributed by atoms with Gasteiger partial charge < -0.3 is 19.8 Å². The first-order chi connectivity index (χ1) is 9.63. The fourth-order valence-corrected chi connectivity index (χ4v) is 2.45. The molecule has 1 amide bonds. The number of amides is 1. The van der Waals surface area contributed by atoms with Crippen LogP contribution in [0.15, 0.2) is 18.2 Å². The van der Waals surface area contributed by atoms with Crippen molar-refractivity contribution in [3.05, 3.63) is 29.3 Å². The first-order valence-electron chi connectivity index (χ1n) is 6.93. The van der Waals surface area contributed by atoms with Crippen LogP contribution in [0.2, 0.25) is 0 Å². The molecule has 0 atom stereocenters. The van der Waals surface area contributed by atoms with E-state index >= 15 is 0 Å². The van der Waals surface area contributed by atoms with Crippen LogP contribution in [0.1, 0.15) is 28.8 Å². The number of piperidine rings is 1. The average Bonchev–Trinajstić information content (AvgIpc) is 2.48. The van der Waals surface area contributed by atoms with Gasteiger partial charge in [0.15, 0.2) is 0 Å². The highest BCUT2D eigenvalue weighted by molar-refractivity contribution is 5.97. The van der Waals surface area contributed by atoms with Crippen LogP contribution in [0.5, 0.6) is 5.75 Å². The van der Waals surface area contributed by atoms with Crippen LogP contribution in [-0.4, -0.2) is 53.4 Å². The summed E-state index contributed by atoms with van der Waals surface area (Å²) >= 11 is 0. The third kappa shape index (κ3) is 3.29. The zero-order chi connectivity index (χ0) is 14.5. The van der Waals surface area contributed by atoms with Crippen molar-refractivity contribution < 1.29 is 19.7 Å². The van der Waals surface area contributed by atoms with Crippen molar-refractivity contribution in [2.75, 3.05) is 26.3 Å². The fourth-order valence-electron chi connectivity index (χ4n) is 2.45. The largest absolute Gasteiger partial charge is 0.507 e. The Bertz CT molecular complexity index is 467. The van der Waals surface area contributed by atoms with Crippen LogP contribution < -0.4 is 0 Å². The summed E-state index contributed by atoms with van der Waals surface area (Å²) in [7, 11) is 0. The number of hydrogen-bond acceptors (Lipinski definition) is 4. The summed E-state index contributed by atoms with van der Waals surface area (Å²) in [5, 5.41) is 18.7. The first kappa shape index (κ1) is 14.8. The van der Waals surface area contributed by atoms with Crippen molar-refractivity contribution in [2.24, 2.45) is 0 Å². The van der Waals surface area contributed by atoms with E-state index in [1.807, 2.05) is 0 Å². The number of hydrogen-bond donors (Lipinski definition) is 2. The number of phenolic OH excluding ortho intramolecular Hbond substituents is 1. The lowest BCUT2D eigenvalue weighted by molar-refractivity contribution is -0.00558. The predicted molar refractivity (Wildman–Crippen MR) is 74.8 cm³/mol. The van der Waals surface area contributed by atoms with E-state index in [2.05, 4.69) is 0 Å². The van der Waals surface area contributed by atoms with Crippen molar-refractivity contribution >= 4 is 5.91 Å². The van der Waals surface area contributed by atoms with Gasteiger partial charge in [-0.1, -0.05) is 12.1 Å². The third-order valence-electron chi connectivity index (χ3n) is 3.64. The number of aliphatic hydroxyl groups is 1. The molecule has 1 aliphatic rings. The van der Waals surface area contributed by atoms with Gasteiger partial charge in [0, 0.05) is 13.1 Å². The van der Waals surface area contributed by atoms with Crippen LogP contribution >= 0.6 is 0 Å². The summed E-state index contributed by atoms with van der Waals surface area (Å²) in [5.74, 6) is -0.0667. The molecule has 1 saturated heterocycles. The maximum absolute atomic E-state index is 12.4. The maximum Gasteiger partial charge on any atom is 0.257 e. The summed E-state index contributed by atoms with van der Waals surface area (Å²) in [6.07, 6.45) is 1.63. The SMILES string of the molecule is Cc1cccc(C(=O)N2CCC(OCCO)CC2)c1O. The van der Waals surface area contributed by atoms with Gasteiger partial charge in [0.1, 0.15) is 5.75 Å². The van der Waals surface area contributed by atoms with Crippen LogP contribution in [0.4, 0.5) is 0 Å². The van der Waals surface area contributed by atoms with Gasteiger partial charge in [-0.15, -0.1) is 0 Å². The van der Waals surface area contributed by atoms with Crippen molar-refractivity contribution in [1.29, 1.82) is 0 Å². The number of aliphatic hydroxyl groups excluding tert-OH is 1. The second-order valence-corrected chi connectivity index (χ2v) is 5.06. The minimum Gasteiger partial charge on any atom is -0.507 e. The molecule has 0 aromatic heterocycles. The zero-order valence-electron chi connectivity index (χ0n) is 11.7. The summed E-state index contributed by atoms with van der Waals surface area (Å²) in [5.41, 5.74) is 1.07. The smallest absolute Gasteiger partial charge is 0.257 e. The van der Waals surface area contributed by atoms with Crippen LogP contribution in [-0.2, 0) is 4.74 Å². The van der Waals surface area contributed by atoms with E-state index in [0.29, 0.717) is 30.8 Å². The number of carbonyl (C=O) groups excluding carboxylic acids is 1. The number of likely N-dealkylation sites (tertiary alicyclic amines) is 1. The molecule has 1 aliphatic heterocycles. The Morgan fingerprint density at radius 3 is 2.75 bits per heavy atom. The van der Waals surface area contributed by atoms with E-state index < -0.39 is 0 Å². The van der Waals surface area contributed by atoms with E-state index in [0.717, 1.165) is 12.8 Å². The molecule has 0 radical (unpaired) electrons. The molecular weight excluding hydrogens is 258 g/mol. The van der Waals surface area contributed by atoms with Crippen LogP contribution in [0.25, 0.3) is 0 Å². The second kappa shape index (κ2) is 6.72.